The molecule has 1 N–H and O–H groups in total. The highest BCUT2D eigenvalue weighted by molar-refractivity contribution is 9.10. The average molecular weight is 485 g/mol. The first-order chi connectivity index (χ1) is 14.9. The van der Waals surface area contributed by atoms with E-state index in [0.717, 1.165) is 10.0 Å². The van der Waals surface area contributed by atoms with E-state index in [2.05, 4.69) is 26.5 Å². The molecule has 31 heavy (non-hydrogen) atoms. The molecule has 0 aliphatic rings. The Morgan fingerprint density at radius 2 is 1.77 bits per heavy atom. The van der Waals surface area contributed by atoms with E-state index in [1.54, 1.807) is 30.3 Å². The normalized spacial score (nSPS) is 10.7. The summed E-state index contributed by atoms with van der Waals surface area (Å²) < 4.78 is 24.4. The van der Waals surface area contributed by atoms with Crippen molar-refractivity contribution in [2.45, 2.75) is 6.92 Å². The van der Waals surface area contributed by atoms with Crippen molar-refractivity contribution in [3.8, 4) is 11.5 Å². The summed E-state index contributed by atoms with van der Waals surface area (Å²) in [5.74, 6) is -0.760. The summed E-state index contributed by atoms with van der Waals surface area (Å²) >= 11 is 3.36. The first-order valence-corrected chi connectivity index (χ1v) is 9.99. The van der Waals surface area contributed by atoms with Gasteiger partial charge in [-0.1, -0.05) is 33.6 Å². The maximum atomic E-state index is 12.9. The van der Waals surface area contributed by atoms with E-state index in [-0.39, 0.29) is 12.4 Å². The fourth-order valence-electron chi connectivity index (χ4n) is 2.45. The Labute approximate surface area is 186 Å². The standard InChI is InChI=1S/C23H18BrFN2O4/c1-15-2-4-16(5-3-15)23(29)31-21-11-6-18(24)12-17(21)13-26-27-22(28)14-30-20-9-7-19(25)8-10-20/h2-13H,14H2,1H3,(H,27,28)/b26-13-. The van der Waals surface area contributed by atoms with Crippen LogP contribution in [0.4, 0.5) is 4.39 Å². The van der Waals surface area contributed by atoms with Gasteiger partial charge in [-0.3, -0.25) is 4.79 Å². The van der Waals surface area contributed by atoms with E-state index in [9.17, 15) is 14.0 Å². The van der Waals surface area contributed by atoms with E-state index in [1.165, 1.54) is 30.5 Å². The lowest BCUT2D eigenvalue weighted by Gasteiger charge is -2.08. The van der Waals surface area contributed by atoms with Crippen LogP contribution in [0.1, 0.15) is 21.5 Å². The van der Waals surface area contributed by atoms with Crippen molar-refractivity contribution < 1.29 is 23.5 Å². The Kier molecular flexibility index (Phi) is 7.50. The molecular weight excluding hydrogens is 467 g/mol. The van der Waals surface area contributed by atoms with Gasteiger partial charge in [0.2, 0.25) is 0 Å². The first-order valence-electron chi connectivity index (χ1n) is 9.19. The molecule has 0 heterocycles. The molecule has 0 bridgehead atoms. The molecule has 6 nitrogen and oxygen atoms in total. The zero-order valence-electron chi connectivity index (χ0n) is 16.5. The van der Waals surface area contributed by atoms with Crippen LogP contribution in [-0.4, -0.2) is 24.7 Å². The zero-order valence-corrected chi connectivity index (χ0v) is 18.1. The molecule has 3 rings (SSSR count). The molecule has 0 atom stereocenters. The number of halogens is 2. The van der Waals surface area contributed by atoms with Crippen LogP contribution in [0, 0.1) is 12.7 Å². The highest BCUT2D eigenvalue weighted by Gasteiger charge is 2.11. The fraction of sp³-hybridized carbons (Fsp3) is 0.0870. The second-order valence-corrected chi connectivity index (χ2v) is 7.39. The minimum Gasteiger partial charge on any atom is -0.484 e. The van der Waals surface area contributed by atoms with Gasteiger partial charge in [-0.05, 0) is 61.5 Å². The van der Waals surface area contributed by atoms with Gasteiger partial charge in [0, 0.05) is 10.0 Å². The van der Waals surface area contributed by atoms with Gasteiger partial charge in [0.25, 0.3) is 5.91 Å². The highest BCUT2D eigenvalue weighted by atomic mass is 79.9. The summed E-state index contributed by atoms with van der Waals surface area (Å²) in [4.78, 5) is 24.3. The van der Waals surface area contributed by atoms with Crippen molar-refractivity contribution in [1.82, 2.24) is 5.43 Å². The second kappa shape index (κ2) is 10.5. The van der Waals surface area contributed by atoms with Crippen LogP contribution in [0.15, 0.2) is 76.3 Å². The van der Waals surface area contributed by atoms with Crippen molar-refractivity contribution in [2.24, 2.45) is 5.10 Å². The molecule has 8 heteroatoms. The van der Waals surface area contributed by atoms with E-state index < -0.39 is 17.7 Å². The Bertz CT molecular complexity index is 1100. The van der Waals surface area contributed by atoms with Crippen LogP contribution in [-0.2, 0) is 4.79 Å². The monoisotopic (exact) mass is 484 g/mol. The van der Waals surface area contributed by atoms with Gasteiger partial charge in [-0.2, -0.15) is 5.10 Å². The van der Waals surface area contributed by atoms with Gasteiger partial charge in [0.1, 0.15) is 17.3 Å². The van der Waals surface area contributed by atoms with E-state index in [4.69, 9.17) is 9.47 Å². The molecule has 3 aromatic rings. The minimum absolute atomic E-state index is 0.286. The van der Waals surface area contributed by atoms with Crippen molar-refractivity contribution >= 4 is 34.0 Å². The number of esters is 1. The SMILES string of the molecule is Cc1ccc(C(=O)Oc2ccc(Br)cc2/C=N\NC(=O)COc2ccc(F)cc2)cc1. The fourth-order valence-corrected chi connectivity index (χ4v) is 2.83. The van der Waals surface area contributed by atoms with Crippen molar-refractivity contribution in [2.75, 3.05) is 6.61 Å². The number of aryl methyl sites for hydroxylation is 1. The number of nitrogens with one attached hydrogen (secondary N) is 1. The van der Waals surface area contributed by atoms with Crippen molar-refractivity contribution in [1.29, 1.82) is 0 Å². The maximum absolute atomic E-state index is 12.9. The number of nitrogens with zero attached hydrogens (tertiary/aromatic N) is 1. The molecule has 0 radical (unpaired) electrons. The number of hydrazone groups is 1. The number of hydrogen-bond acceptors (Lipinski definition) is 5. The Morgan fingerprint density at radius 1 is 1.06 bits per heavy atom. The molecule has 158 valence electrons. The molecule has 0 saturated carbocycles. The summed E-state index contributed by atoms with van der Waals surface area (Å²) in [5.41, 5.74) is 4.26. The predicted molar refractivity (Wildman–Crippen MR) is 118 cm³/mol. The van der Waals surface area contributed by atoms with Crippen LogP contribution < -0.4 is 14.9 Å². The summed E-state index contributed by atoms with van der Waals surface area (Å²) in [5, 5.41) is 3.88. The number of carbonyl (C=O) groups excluding carboxylic acids is 2. The van der Waals surface area contributed by atoms with Gasteiger partial charge >= 0.3 is 5.97 Å². The third-order valence-corrected chi connectivity index (χ3v) is 4.53. The number of ether oxygens (including phenoxy) is 2. The van der Waals surface area contributed by atoms with E-state index in [0.29, 0.717) is 16.9 Å². The molecule has 3 aromatic carbocycles. The maximum Gasteiger partial charge on any atom is 0.343 e. The lowest BCUT2D eigenvalue weighted by Crippen LogP contribution is -2.24. The molecule has 0 spiro atoms. The second-order valence-electron chi connectivity index (χ2n) is 6.47. The number of benzene rings is 3. The summed E-state index contributed by atoms with van der Waals surface area (Å²) in [6, 6.07) is 17.4. The summed E-state index contributed by atoms with van der Waals surface area (Å²) in [6.45, 7) is 1.63. The smallest absolute Gasteiger partial charge is 0.343 e. The van der Waals surface area contributed by atoms with Gasteiger partial charge in [-0.25, -0.2) is 14.6 Å². The van der Waals surface area contributed by atoms with Crippen LogP contribution in [0.3, 0.4) is 0 Å². The summed E-state index contributed by atoms with van der Waals surface area (Å²) in [6.07, 6.45) is 1.36. The van der Waals surface area contributed by atoms with Crippen LogP contribution >= 0.6 is 15.9 Å². The van der Waals surface area contributed by atoms with Gasteiger partial charge in [0.05, 0.1) is 11.8 Å². The van der Waals surface area contributed by atoms with Crippen LogP contribution in [0.2, 0.25) is 0 Å². The Morgan fingerprint density at radius 3 is 2.48 bits per heavy atom. The van der Waals surface area contributed by atoms with E-state index >= 15 is 0 Å². The van der Waals surface area contributed by atoms with Gasteiger partial charge < -0.3 is 9.47 Å². The number of amides is 1. The lowest BCUT2D eigenvalue weighted by atomic mass is 10.1. The molecule has 0 fully saturated rings. The molecule has 1 amide bonds. The Hall–Kier alpha value is -3.52. The number of carbonyl (C=O) groups is 2. The lowest BCUT2D eigenvalue weighted by molar-refractivity contribution is -0.123. The quantitative estimate of drug-likeness (QED) is 0.229. The average Bonchev–Trinajstić information content (AvgIpc) is 2.75. The molecule has 0 aliphatic heterocycles. The highest BCUT2D eigenvalue weighted by Crippen LogP contribution is 2.23. The van der Waals surface area contributed by atoms with Crippen LogP contribution in [0.25, 0.3) is 0 Å². The zero-order chi connectivity index (χ0) is 22.2. The first kappa shape index (κ1) is 22.2. The molecule has 0 aliphatic carbocycles. The predicted octanol–water partition coefficient (Wildman–Crippen LogP) is 4.64. The third-order valence-electron chi connectivity index (χ3n) is 4.04. The topological polar surface area (TPSA) is 77.0 Å². The van der Waals surface area contributed by atoms with Gasteiger partial charge in [0.15, 0.2) is 6.61 Å². The Balaban J connectivity index is 1.61. The summed E-state index contributed by atoms with van der Waals surface area (Å²) in [7, 11) is 0. The van der Waals surface area contributed by atoms with Crippen molar-refractivity contribution in [3.05, 3.63) is 93.7 Å². The third kappa shape index (κ3) is 6.75. The number of rotatable bonds is 7. The molecular formula is C23H18BrFN2O4. The molecule has 0 unspecified atom stereocenters. The number of hydrogen-bond donors (Lipinski definition) is 1. The minimum atomic E-state index is -0.506. The van der Waals surface area contributed by atoms with Crippen molar-refractivity contribution in [3.63, 3.8) is 0 Å². The van der Waals surface area contributed by atoms with Crippen LogP contribution in [0.5, 0.6) is 11.5 Å². The molecule has 0 saturated heterocycles. The molecule has 0 aromatic heterocycles. The van der Waals surface area contributed by atoms with Gasteiger partial charge in [-0.15, -0.1) is 0 Å². The van der Waals surface area contributed by atoms with E-state index in [1.807, 2.05) is 19.1 Å². The largest absolute Gasteiger partial charge is 0.484 e.